The van der Waals surface area contributed by atoms with E-state index in [-0.39, 0.29) is 6.09 Å². The number of carbonyl (C=O) groups excluding carboxylic acids is 1. The van der Waals surface area contributed by atoms with E-state index in [4.69, 9.17) is 4.74 Å². The van der Waals surface area contributed by atoms with Crippen LogP contribution in [0.25, 0.3) is 0 Å². The zero-order valence-electron chi connectivity index (χ0n) is 15.1. The lowest BCUT2D eigenvalue weighted by Gasteiger charge is -2.41. The summed E-state index contributed by atoms with van der Waals surface area (Å²) in [4.78, 5) is 14.1. The number of likely N-dealkylation sites (tertiary alicyclic amines) is 1. The number of nitrogens with zero attached hydrogens (tertiary/aromatic N) is 1. The van der Waals surface area contributed by atoms with Crippen molar-refractivity contribution in [3.8, 4) is 0 Å². The molecule has 2 fully saturated rings. The summed E-state index contributed by atoms with van der Waals surface area (Å²) in [5, 5.41) is 3.72. The van der Waals surface area contributed by atoms with Gasteiger partial charge in [-0.25, -0.2) is 4.79 Å². The number of hydrogen-bond donors (Lipinski definition) is 1. The number of amides is 1. The number of rotatable bonds is 4. The van der Waals surface area contributed by atoms with Gasteiger partial charge in [0.1, 0.15) is 5.60 Å². The highest BCUT2D eigenvalue weighted by Gasteiger charge is 2.34. The largest absolute Gasteiger partial charge is 0.444 e. The van der Waals surface area contributed by atoms with E-state index in [9.17, 15) is 4.79 Å². The van der Waals surface area contributed by atoms with Crippen molar-refractivity contribution in [2.24, 2.45) is 11.3 Å². The third-order valence-corrected chi connectivity index (χ3v) is 5.23. The molecule has 1 saturated carbocycles. The van der Waals surface area contributed by atoms with Crippen LogP contribution in [0.5, 0.6) is 0 Å². The fourth-order valence-corrected chi connectivity index (χ4v) is 3.44. The molecule has 2 aliphatic rings. The summed E-state index contributed by atoms with van der Waals surface area (Å²) in [6.45, 7) is 13.2. The molecule has 1 N–H and O–H groups in total. The normalized spacial score (nSPS) is 26.2. The van der Waals surface area contributed by atoms with Gasteiger partial charge in [0, 0.05) is 25.7 Å². The maximum Gasteiger partial charge on any atom is 0.410 e. The van der Waals surface area contributed by atoms with Crippen LogP contribution in [-0.4, -0.2) is 42.3 Å². The molecule has 1 heterocycles. The molecule has 1 aliphatic heterocycles. The molecule has 0 bridgehead atoms. The summed E-state index contributed by atoms with van der Waals surface area (Å²) in [5.41, 5.74) is 0.0977. The Balaban J connectivity index is 1.80. The summed E-state index contributed by atoms with van der Waals surface area (Å²) in [7, 11) is 0. The minimum absolute atomic E-state index is 0.157. The fourth-order valence-electron chi connectivity index (χ4n) is 3.44. The van der Waals surface area contributed by atoms with Crippen LogP contribution in [0.4, 0.5) is 4.79 Å². The SMILES string of the molecule is CC(NCC1(C)CCC1)C1CCCN(C(=O)OC(C)(C)C)C1. The highest BCUT2D eigenvalue weighted by Crippen LogP contribution is 2.39. The highest BCUT2D eigenvalue weighted by molar-refractivity contribution is 5.68. The van der Waals surface area contributed by atoms with Crippen LogP contribution in [0.2, 0.25) is 0 Å². The van der Waals surface area contributed by atoms with Crippen LogP contribution in [0.3, 0.4) is 0 Å². The second-order valence-corrected chi connectivity index (χ2v) is 8.66. The van der Waals surface area contributed by atoms with Crippen LogP contribution < -0.4 is 5.32 Å². The lowest BCUT2D eigenvalue weighted by Crippen LogP contribution is -2.50. The Morgan fingerprint density at radius 1 is 1.36 bits per heavy atom. The Morgan fingerprint density at radius 2 is 2.05 bits per heavy atom. The first kappa shape index (κ1) is 17.6. The first-order valence-electron chi connectivity index (χ1n) is 8.90. The monoisotopic (exact) mass is 310 g/mol. The van der Waals surface area contributed by atoms with Crippen molar-refractivity contribution in [2.75, 3.05) is 19.6 Å². The summed E-state index contributed by atoms with van der Waals surface area (Å²) in [6, 6.07) is 0.461. The van der Waals surface area contributed by atoms with Gasteiger partial charge in [-0.3, -0.25) is 0 Å². The number of carbonyl (C=O) groups is 1. The molecule has 0 aromatic carbocycles. The molecule has 4 heteroatoms. The lowest BCUT2D eigenvalue weighted by molar-refractivity contribution is 0.0143. The van der Waals surface area contributed by atoms with Crippen molar-refractivity contribution in [3.05, 3.63) is 0 Å². The Bertz CT molecular complexity index is 385. The zero-order valence-corrected chi connectivity index (χ0v) is 15.1. The Morgan fingerprint density at radius 3 is 2.59 bits per heavy atom. The first-order chi connectivity index (χ1) is 10.2. The predicted octanol–water partition coefficient (Wildman–Crippen LogP) is 3.80. The van der Waals surface area contributed by atoms with Gasteiger partial charge >= 0.3 is 6.09 Å². The fraction of sp³-hybridized carbons (Fsp3) is 0.944. The minimum Gasteiger partial charge on any atom is -0.444 e. The summed E-state index contributed by atoms with van der Waals surface area (Å²) >= 11 is 0. The quantitative estimate of drug-likeness (QED) is 0.858. The lowest BCUT2D eigenvalue weighted by atomic mass is 9.70. The maximum atomic E-state index is 12.2. The molecule has 1 amide bonds. The van der Waals surface area contributed by atoms with E-state index in [1.165, 1.54) is 25.7 Å². The number of nitrogens with one attached hydrogen (secondary N) is 1. The minimum atomic E-state index is -0.410. The maximum absolute atomic E-state index is 12.2. The first-order valence-corrected chi connectivity index (χ1v) is 8.90. The molecule has 0 aromatic rings. The molecule has 2 unspecified atom stereocenters. The van der Waals surface area contributed by atoms with Crippen molar-refractivity contribution >= 4 is 6.09 Å². The third kappa shape index (κ3) is 4.87. The average molecular weight is 310 g/mol. The van der Waals surface area contributed by atoms with Gasteiger partial charge in [-0.2, -0.15) is 0 Å². The molecule has 4 nitrogen and oxygen atoms in total. The molecule has 2 rings (SSSR count). The Kier molecular flexibility index (Phi) is 5.41. The van der Waals surface area contributed by atoms with E-state index < -0.39 is 5.60 Å². The van der Waals surface area contributed by atoms with Gasteiger partial charge in [0.25, 0.3) is 0 Å². The van der Waals surface area contributed by atoms with E-state index in [1.54, 1.807) is 0 Å². The van der Waals surface area contributed by atoms with E-state index >= 15 is 0 Å². The van der Waals surface area contributed by atoms with Crippen LogP contribution in [0, 0.1) is 11.3 Å². The van der Waals surface area contributed by atoms with Gasteiger partial charge in [-0.15, -0.1) is 0 Å². The molecule has 0 spiro atoms. The van der Waals surface area contributed by atoms with Gasteiger partial charge in [0.15, 0.2) is 0 Å². The zero-order chi connectivity index (χ0) is 16.4. The number of piperidine rings is 1. The smallest absolute Gasteiger partial charge is 0.410 e. The Hall–Kier alpha value is -0.770. The van der Waals surface area contributed by atoms with E-state index in [2.05, 4.69) is 19.2 Å². The number of ether oxygens (including phenoxy) is 1. The van der Waals surface area contributed by atoms with Crippen molar-refractivity contribution in [1.29, 1.82) is 0 Å². The van der Waals surface area contributed by atoms with Gasteiger partial charge in [0.2, 0.25) is 0 Å². The van der Waals surface area contributed by atoms with E-state index in [0.717, 1.165) is 26.1 Å². The molecule has 0 radical (unpaired) electrons. The molecule has 22 heavy (non-hydrogen) atoms. The van der Waals surface area contributed by atoms with Crippen LogP contribution >= 0.6 is 0 Å². The summed E-state index contributed by atoms with van der Waals surface area (Å²) in [5.74, 6) is 0.532. The van der Waals surface area contributed by atoms with Crippen LogP contribution in [0.1, 0.15) is 66.7 Å². The second kappa shape index (κ2) is 6.77. The molecular weight excluding hydrogens is 276 g/mol. The molecule has 128 valence electrons. The average Bonchev–Trinajstić information content (AvgIpc) is 2.41. The molecular formula is C18H34N2O2. The summed E-state index contributed by atoms with van der Waals surface area (Å²) < 4.78 is 5.51. The Labute approximate surface area is 136 Å². The molecule has 0 aromatic heterocycles. The topological polar surface area (TPSA) is 41.6 Å². The van der Waals surface area contributed by atoms with E-state index in [0.29, 0.717) is 17.4 Å². The number of hydrogen-bond acceptors (Lipinski definition) is 3. The molecule has 1 saturated heterocycles. The second-order valence-electron chi connectivity index (χ2n) is 8.66. The highest BCUT2D eigenvalue weighted by atomic mass is 16.6. The molecule has 1 aliphatic carbocycles. The molecule has 2 atom stereocenters. The summed E-state index contributed by atoms with van der Waals surface area (Å²) in [6.07, 6.45) is 6.19. The van der Waals surface area contributed by atoms with Crippen LogP contribution in [0.15, 0.2) is 0 Å². The van der Waals surface area contributed by atoms with Crippen molar-refractivity contribution in [3.63, 3.8) is 0 Å². The van der Waals surface area contributed by atoms with Crippen molar-refractivity contribution < 1.29 is 9.53 Å². The van der Waals surface area contributed by atoms with Gasteiger partial charge < -0.3 is 15.0 Å². The van der Waals surface area contributed by atoms with Crippen molar-refractivity contribution in [2.45, 2.75) is 78.4 Å². The van der Waals surface area contributed by atoms with Gasteiger partial charge in [-0.05, 0) is 64.7 Å². The van der Waals surface area contributed by atoms with E-state index in [1.807, 2.05) is 25.7 Å². The standard InChI is InChI=1S/C18H34N2O2/c1-14(19-13-18(5)9-7-10-18)15-8-6-11-20(12-15)16(21)22-17(2,3)4/h14-15,19H,6-13H2,1-5H3. The predicted molar refractivity (Wildman–Crippen MR) is 90.0 cm³/mol. The van der Waals surface area contributed by atoms with Gasteiger partial charge in [-0.1, -0.05) is 13.3 Å². The van der Waals surface area contributed by atoms with Gasteiger partial charge in [0.05, 0.1) is 0 Å². The third-order valence-electron chi connectivity index (χ3n) is 5.23. The van der Waals surface area contributed by atoms with Crippen LogP contribution in [-0.2, 0) is 4.74 Å². The van der Waals surface area contributed by atoms with Crippen molar-refractivity contribution in [1.82, 2.24) is 10.2 Å².